The molecule has 1 N–H and O–H groups in total. The lowest BCUT2D eigenvalue weighted by Crippen LogP contribution is -2.16. The maximum absolute atomic E-state index is 3.90. The monoisotopic (exact) mass is 191 g/mol. The molecule has 3 heteroatoms. The number of nitrogens with one attached hydrogen (secondary N) is 1. The fourth-order valence-corrected chi connectivity index (χ4v) is 1.38. The molecule has 0 saturated heterocycles. The number of hydrogen-bond donors (Lipinski definition) is 1. The second-order valence-corrected chi connectivity index (χ2v) is 3.51. The fourth-order valence-electron chi connectivity index (χ4n) is 1.38. The zero-order valence-corrected chi connectivity index (χ0v) is 8.83. The van der Waals surface area contributed by atoms with Crippen LogP contribution in [0, 0.1) is 0 Å². The van der Waals surface area contributed by atoms with Crippen LogP contribution in [0.4, 0.5) is 0 Å². The van der Waals surface area contributed by atoms with E-state index >= 15 is 0 Å². The maximum atomic E-state index is 3.90. The van der Waals surface area contributed by atoms with Crippen LogP contribution in [-0.4, -0.2) is 17.2 Å². The van der Waals surface area contributed by atoms with Gasteiger partial charge in [-0.15, -0.1) is 6.58 Å². The molecule has 0 bridgehead atoms. The van der Waals surface area contributed by atoms with E-state index < -0.39 is 0 Å². The van der Waals surface area contributed by atoms with E-state index in [2.05, 4.69) is 29.0 Å². The first-order chi connectivity index (χ1) is 6.74. The van der Waals surface area contributed by atoms with Crippen molar-refractivity contribution in [1.82, 2.24) is 15.5 Å². The van der Waals surface area contributed by atoms with Gasteiger partial charge >= 0.3 is 0 Å². The van der Waals surface area contributed by atoms with Crippen LogP contribution < -0.4 is 5.32 Å². The van der Waals surface area contributed by atoms with Gasteiger partial charge in [-0.2, -0.15) is 10.2 Å². The first kappa shape index (κ1) is 10.9. The Labute approximate surface area is 85.3 Å². The van der Waals surface area contributed by atoms with Gasteiger partial charge in [0, 0.05) is 12.2 Å². The molecule has 0 aromatic carbocycles. The van der Waals surface area contributed by atoms with Crippen LogP contribution in [0.5, 0.6) is 0 Å². The molecule has 1 aromatic rings. The maximum Gasteiger partial charge on any atom is 0.0544 e. The first-order valence-electron chi connectivity index (χ1n) is 4.82. The van der Waals surface area contributed by atoms with Crippen LogP contribution in [0.3, 0.4) is 0 Å². The molecule has 3 nitrogen and oxygen atoms in total. The Morgan fingerprint density at radius 2 is 2.36 bits per heavy atom. The molecular weight excluding hydrogens is 174 g/mol. The van der Waals surface area contributed by atoms with Crippen LogP contribution in [0.25, 0.3) is 0 Å². The van der Waals surface area contributed by atoms with E-state index in [1.54, 1.807) is 12.4 Å². The summed E-state index contributed by atoms with van der Waals surface area (Å²) in [7, 11) is 1.96. The summed E-state index contributed by atoms with van der Waals surface area (Å²) in [6.07, 6.45) is 5.62. The van der Waals surface area contributed by atoms with Gasteiger partial charge in [0.2, 0.25) is 0 Å². The molecule has 1 aromatic heterocycles. The summed E-state index contributed by atoms with van der Waals surface area (Å²) in [6, 6.07) is 2.34. The van der Waals surface area contributed by atoms with Gasteiger partial charge in [0.15, 0.2) is 0 Å². The molecule has 0 spiro atoms. The largest absolute Gasteiger partial charge is 0.313 e. The van der Waals surface area contributed by atoms with Crippen molar-refractivity contribution in [2.45, 2.75) is 25.8 Å². The molecular formula is C11H17N3. The highest BCUT2D eigenvalue weighted by Gasteiger charge is 2.08. The van der Waals surface area contributed by atoms with E-state index in [9.17, 15) is 0 Å². The molecule has 0 aliphatic carbocycles. The van der Waals surface area contributed by atoms with Crippen molar-refractivity contribution in [1.29, 1.82) is 0 Å². The molecule has 1 rings (SSSR count). The third-order valence-corrected chi connectivity index (χ3v) is 2.22. The number of allylic oxidation sites excluding steroid dienone is 1. The summed E-state index contributed by atoms with van der Waals surface area (Å²) in [5, 5.41) is 10.9. The average Bonchev–Trinajstić information content (AvgIpc) is 2.20. The lowest BCUT2D eigenvalue weighted by Gasteiger charge is -2.15. The molecule has 0 aliphatic rings. The highest BCUT2D eigenvalue weighted by Crippen LogP contribution is 2.18. The van der Waals surface area contributed by atoms with Crippen molar-refractivity contribution >= 4 is 0 Å². The molecule has 0 saturated carbocycles. The second kappa shape index (κ2) is 5.50. The van der Waals surface area contributed by atoms with Crippen molar-refractivity contribution < 1.29 is 0 Å². The normalized spacial score (nSPS) is 12.4. The van der Waals surface area contributed by atoms with Gasteiger partial charge in [0.05, 0.1) is 6.20 Å². The fraction of sp³-hybridized carbons (Fsp3) is 0.455. The Bertz CT molecular complexity index is 282. The Hall–Kier alpha value is -1.22. The smallest absolute Gasteiger partial charge is 0.0544 e. The Morgan fingerprint density at radius 1 is 1.57 bits per heavy atom. The summed E-state index contributed by atoms with van der Waals surface area (Å²) in [4.78, 5) is 0. The van der Waals surface area contributed by atoms with Gasteiger partial charge in [-0.1, -0.05) is 5.57 Å². The molecule has 0 aliphatic heterocycles. The van der Waals surface area contributed by atoms with Crippen molar-refractivity contribution in [3.63, 3.8) is 0 Å². The van der Waals surface area contributed by atoms with E-state index in [0.29, 0.717) is 6.04 Å². The molecule has 76 valence electrons. The molecule has 0 amide bonds. The highest BCUT2D eigenvalue weighted by atomic mass is 15.1. The van der Waals surface area contributed by atoms with Crippen molar-refractivity contribution in [2.75, 3.05) is 7.05 Å². The van der Waals surface area contributed by atoms with Gasteiger partial charge < -0.3 is 5.32 Å². The van der Waals surface area contributed by atoms with Crippen LogP contribution in [0.2, 0.25) is 0 Å². The van der Waals surface area contributed by atoms with E-state index in [0.717, 1.165) is 12.8 Å². The minimum atomic E-state index is 0.349. The van der Waals surface area contributed by atoms with Crippen molar-refractivity contribution in [3.8, 4) is 0 Å². The minimum absolute atomic E-state index is 0.349. The molecule has 0 fully saturated rings. The van der Waals surface area contributed by atoms with E-state index in [1.807, 2.05) is 13.1 Å². The molecule has 1 unspecified atom stereocenters. The summed E-state index contributed by atoms with van der Waals surface area (Å²) in [5.41, 5.74) is 2.40. The topological polar surface area (TPSA) is 37.8 Å². The van der Waals surface area contributed by atoms with E-state index in [1.165, 1.54) is 11.1 Å². The molecule has 1 atom stereocenters. The second-order valence-electron chi connectivity index (χ2n) is 3.51. The van der Waals surface area contributed by atoms with Crippen molar-refractivity contribution in [3.05, 3.63) is 36.2 Å². The Balaban J connectivity index is 2.58. The van der Waals surface area contributed by atoms with Gasteiger partial charge in [-0.3, -0.25) is 0 Å². The number of nitrogens with zero attached hydrogens (tertiary/aromatic N) is 2. The van der Waals surface area contributed by atoms with Gasteiger partial charge in [0.25, 0.3) is 0 Å². The predicted octanol–water partition coefficient (Wildman–Crippen LogP) is 2.09. The third-order valence-electron chi connectivity index (χ3n) is 2.22. The lowest BCUT2D eigenvalue weighted by molar-refractivity contribution is 0.545. The van der Waals surface area contributed by atoms with Gasteiger partial charge in [-0.25, -0.2) is 0 Å². The molecule has 14 heavy (non-hydrogen) atoms. The van der Waals surface area contributed by atoms with E-state index in [4.69, 9.17) is 0 Å². The quantitative estimate of drug-likeness (QED) is 0.724. The minimum Gasteiger partial charge on any atom is -0.313 e. The average molecular weight is 191 g/mol. The first-order valence-corrected chi connectivity index (χ1v) is 4.82. The summed E-state index contributed by atoms with van der Waals surface area (Å²) < 4.78 is 0. The predicted molar refractivity (Wildman–Crippen MR) is 57.9 cm³/mol. The van der Waals surface area contributed by atoms with E-state index in [-0.39, 0.29) is 0 Å². The third kappa shape index (κ3) is 3.26. The molecule has 1 heterocycles. The SMILES string of the molecule is C=C(C)CCC(NC)c1ccnnc1. The zero-order chi connectivity index (χ0) is 10.4. The summed E-state index contributed by atoms with van der Waals surface area (Å²) in [5.74, 6) is 0. The van der Waals surface area contributed by atoms with Crippen LogP contribution in [0.15, 0.2) is 30.6 Å². The Morgan fingerprint density at radius 3 is 2.86 bits per heavy atom. The van der Waals surface area contributed by atoms with Gasteiger partial charge in [-0.05, 0) is 38.4 Å². The summed E-state index contributed by atoms with van der Waals surface area (Å²) in [6.45, 7) is 5.95. The molecule has 0 radical (unpaired) electrons. The zero-order valence-electron chi connectivity index (χ0n) is 8.83. The number of aromatic nitrogens is 2. The highest BCUT2D eigenvalue weighted by molar-refractivity contribution is 5.11. The van der Waals surface area contributed by atoms with Crippen molar-refractivity contribution in [2.24, 2.45) is 0 Å². The standard InChI is InChI=1S/C11H17N3/c1-9(2)4-5-11(12-3)10-6-7-13-14-8-10/h6-8,11-12H,1,4-5H2,2-3H3. The van der Waals surface area contributed by atoms with Crippen LogP contribution in [-0.2, 0) is 0 Å². The number of hydrogen-bond acceptors (Lipinski definition) is 3. The lowest BCUT2D eigenvalue weighted by atomic mass is 10.0. The van der Waals surface area contributed by atoms with Gasteiger partial charge in [0.1, 0.15) is 0 Å². The van der Waals surface area contributed by atoms with Crippen LogP contribution >= 0.6 is 0 Å². The number of rotatable bonds is 5. The van der Waals surface area contributed by atoms with Crippen LogP contribution in [0.1, 0.15) is 31.4 Å². The summed E-state index contributed by atoms with van der Waals surface area (Å²) >= 11 is 0. The Kier molecular flexibility index (Phi) is 4.26.